The summed E-state index contributed by atoms with van der Waals surface area (Å²) in [5.41, 5.74) is 5.97. The second-order valence-corrected chi connectivity index (χ2v) is 10.2. The van der Waals surface area contributed by atoms with Gasteiger partial charge in [0.1, 0.15) is 0 Å². The molecule has 0 saturated heterocycles. The van der Waals surface area contributed by atoms with E-state index in [0.717, 1.165) is 41.8 Å². The first-order valence-corrected chi connectivity index (χ1v) is 12.9. The zero-order valence-corrected chi connectivity index (χ0v) is 20.3. The van der Waals surface area contributed by atoms with Gasteiger partial charge in [-0.25, -0.2) is 0 Å². The number of hydrogen-bond donors (Lipinski definition) is 1. The molecule has 0 bridgehead atoms. The number of benzene rings is 1. The van der Waals surface area contributed by atoms with E-state index in [0.29, 0.717) is 5.75 Å². The van der Waals surface area contributed by atoms with Crippen molar-refractivity contribution in [3.63, 3.8) is 0 Å². The van der Waals surface area contributed by atoms with Gasteiger partial charge in [-0.05, 0) is 54.7 Å². The molecule has 164 valence electrons. The number of fused-ring (bicyclic) bond motifs is 1. The van der Waals surface area contributed by atoms with Crippen molar-refractivity contribution in [3.8, 4) is 11.4 Å². The maximum atomic E-state index is 12.7. The molecule has 0 aliphatic heterocycles. The van der Waals surface area contributed by atoms with E-state index in [-0.39, 0.29) is 5.91 Å². The van der Waals surface area contributed by atoms with Crippen molar-refractivity contribution < 1.29 is 4.79 Å². The summed E-state index contributed by atoms with van der Waals surface area (Å²) in [6.45, 7) is 6.56. The molecular formula is C24H30N4OS2. The van der Waals surface area contributed by atoms with Crippen molar-refractivity contribution in [2.45, 2.75) is 58.0 Å². The molecule has 1 aliphatic rings. The van der Waals surface area contributed by atoms with Crippen LogP contribution in [0.3, 0.4) is 0 Å². The fourth-order valence-corrected chi connectivity index (χ4v) is 6.20. The number of thiophene rings is 1. The third kappa shape index (κ3) is 4.58. The maximum absolute atomic E-state index is 12.7. The van der Waals surface area contributed by atoms with E-state index >= 15 is 0 Å². The molecule has 1 amide bonds. The highest BCUT2D eigenvalue weighted by molar-refractivity contribution is 7.99. The van der Waals surface area contributed by atoms with Gasteiger partial charge in [0.05, 0.1) is 5.75 Å². The molecule has 5 nitrogen and oxygen atoms in total. The van der Waals surface area contributed by atoms with Crippen LogP contribution in [0, 0.1) is 5.92 Å². The van der Waals surface area contributed by atoms with Crippen LogP contribution in [-0.2, 0) is 37.5 Å². The highest BCUT2D eigenvalue weighted by Crippen LogP contribution is 2.38. The van der Waals surface area contributed by atoms with Crippen LogP contribution in [0.5, 0.6) is 0 Å². The van der Waals surface area contributed by atoms with Crippen molar-refractivity contribution in [1.29, 1.82) is 0 Å². The Morgan fingerprint density at radius 2 is 2.00 bits per heavy atom. The lowest BCUT2D eigenvalue weighted by Crippen LogP contribution is -2.17. The summed E-state index contributed by atoms with van der Waals surface area (Å²) in [4.78, 5) is 14.2. The van der Waals surface area contributed by atoms with Crippen LogP contribution in [0.1, 0.15) is 48.8 Å². The number of rotatable bonds is 7. The number of aryl methyl sites for hydroxylation is 2. The van der Waals surface area contributed by atoms with Crippen molar-refractivity contribution in [1.82, 2.24) is 14.8 Å². The minimum atomic E-state index is -0.00736. The standard InChI is InChI=1S/C24H30N4OS2/c1-5-16-8-7-9-17(6-2)22(16)25-21(29)14-31-24-27-26-23(28(24)4)19-13-30-20-12-15(3)10-11-18(19)20/h7-9,13,15H,5-6,10-12,14H2,1-4H3,(H,25,29)/t15-/m0/s1. The van der Waals surface area contributed by atoms with E-state index in [4.69, 9.17) is 0 Å². The lowest BCUT2D eigenvalue weighted by molar-refractivity contribution is -0.113. The Kier molecular flexibility index (Phi) is 6.82. The predicted molar refractivity (Wildman–Crippen MR) is 130 cm³/mol. The van der Waals surface area contributed by atoms with Crippen molar-refractivity contribution in [2.24, 2.45) is 13.0 Å². The first-order valence-electron chi connectivity index (χ1n) is 11.0. The minimum Gasteiger partial charge on any atom is -0.325 e. The number of amides is 1. The van der Waals surface area contributed by atoms with Gasteiger partial charge in [0.15, 0.2) is 11.0 Å². The highest BCUT2D eigenvalue weighted by Gasteiger charge is 2.24. The molecule has 1 aromatic carbocycles. The summed E-state index contributed by atoms with van der Waals surface area (Å²) in [7, 11) is 1.99. The Balaban J connectivity index is 1.45. The molecule has 4 rings (SSSR count). The first-order chi connectivity index (χ1) is 15.0. The molecule has 3 aromatic rings. The molecule has 1 N–H and O–H groups in total. The summed E-state index contributed by atoms with van der Waals surface area (Å²) >= 11 is 3.28. The second kappa shape index (κ2) is 9.57. The summed E-state index contributed by atoms with van der Waals surface area (Å²) < 4.78 is 2.02. The first kappa shape index (κ1) is 22.1. The van der Waals surface area contributed by atoms with Crippen molar-refractivity contribution >= 4 is 34.7 Å². The lowest BCUT2D eigenvalue weighted by atomic mass is 9.88. The number of thioether (sulfide) groups is 1. The molecule has 7 heteroatoms. The van der Waals surface area contributed by atoms with E-state index in [2.05, 4.69) is 59.9 Å². The Hall–Kier alpha value is -2.12. The summed E-state index contributed by atoms with van der Waals surface area (Å²) in [6, 6.07) is 6.23. The van der Waals surface area contributed by atoms with Crippen LogP contribution in [0.15, 0.2) is 28.7 Å². The second-order valence-electron chi connectivity index (χ2n) is 8.26. The van der Waals surface area contributed by atoms with Gasteiger partial charge in [-0.1, -0.05) is 50.7 Å². The van der Waals surface area contributed by atoms with Gasteiger partial charge in [0.25, 0.3) is 0 Å². The van der Waals surface area contributed by atoms with Gasteiger partial charge in [-0.3, -0.25) is 4.79 Å². The zero-order valence-electron chi connectivity index (χ0n) is 18.7. The number of para-hydroxylation sites is 1. The van der Waals surface area contributed by atoms with Crippen LogP contribution in [0.4, 0.5) is 5.69 Å². The lowest BCUT2D eigenvalue weighted by Gasteiger charge is -2.18. The number of carbonyl (C=O) groups excluding carboxylic acids is 1. The summed E-state index contributed by atoms with van der Waals surface area (Å²) in [5.74, 6) is 1.97. The molecule has 2 aromatic heterocycles. The molecule has 2 heterocycles. The Labute approximate surface area is 192 Å². The summed E-state index contributed by atoms with van der Waals surface area (Å²) in [5, 5.41) is 15.0. The number of carbonyl (C=O) groups is 1. The zero-order chi connectivity index (χ0) is 22.0. The topological polar surface area (TPSA) is 59.8 Å². The molecule has 0 fully saturated rings. The van der Waals surface area contributed by atoms with Gasteiger partial charge >= 0.3 is 0 Å². The molecule has 1 aliphatic carbocycles. The SMILES string of the molecule is CCc1cccc(CC)c1NC(=O)CSc1nnc(-c2csc3c2CC[C@H](C)C3)n1C. The van der Waals surface area contributed by atoms with Crippen molar-refractivity contribution in [3.05, 3.63) is 45.1 Å². The number of anilines is 1. The normalized spacial score (nSPS) is 15.7. The number of aromatic nitrogens is 3. The average molecular weight is 455 g/mol. The van der Waals surface area contributed by atoms with Gasteiger partial charge in [0, 0.05) is 28.6 Å². The average Bonchev–Trinajstić information content (AvgIpc) is 3.34. The molecule has 31 heavy (non-hydrogen) atoms. The Bertz CT molecular complexity index is 1060. The Morgan fingerprint density at radius 3 is 2.71 bits per heavy atom. The maximum Gasteiger partial charge on any atom is 0.234 e. The smallest absolute Gasteiger partial charge is 0.234 e. The van der Waals surface area contributed by atoms with E-state index in [1.165, 1.54) is 51.7 Å². The minimum absolute atomic E-state index is 0.00736. The van der Waals surface area contributed by atoms with Crippen molar-refractivity contribution in [2.75, 3.05) is 11.1 Å². The van der Waals surface area contributed by atoms with Crippen LogP contribution in [0.25, 0.3) is 11.4 Å². The number of hydrogen-bond acceptors (Lipinski definition) is 5. The van der Waals surface area contributed by atoms with E-state index in [1.807, 2.05) is 23.0 Å². The molecule has 0 spiro atoms. The van der Waals surface area contributed by atoms with Gasteiger partial charge in [0.2, 0.25) is 5.91 Å². The molecule has 1 atom stereocenters. The summed E-state index contributed by atoms with van der Waals surface area (Å²) in [6.07, 6.45) is 5.30. The third-order valence-electron chi connectivity index (χ3n) is 6.07. The monoisotopic (exact) mass is 454 g/mol. The molecule has 0 unspecified atom stereocenters. The molecular weight excluding hydrogens is 424 g/mol. The predicted octanol–water partition coefficient (Wildman–Crippen LogP) is 5.52. The van der Waals surface area contributed by atoms with Crippen LogP contribution in [0.2, 0.25) is 0 Å². The fraction of sp³-hybridized carbons (Fsp3) is 0.458. The molecule has 0 saturated carbocycles. The largest absolute Gasteiger partial charge is 0.325 e. The number of nitrogens with zero attached hydrogens (tertiary/aromatic N) is 3. The number of nitrogens with one attached hydrogen (secondary N) is 1. The fourth-order valence-electron chi connectivity index (χ4n) is 4.25. The van der Waals surface area contributed by atoms with E-state index in [9.17, 15) is 4.79 Å². The van der Waals surface area contributed by atoms with E-state index in [1.54, 1.807) is 0 Å². The van der Waals surface area contributed by atoms with E-state index < -0.39 is 0 Å². The van der Waals surface area contributed by atoms with Gasteiger partial charge in [-0.2, -0.15) is 0 Å². The quantitative estimate of drug-likeness (QED) is 0.477. The van der Waals surface area contributed by atoms with Crippen LogP contribution < -0.4 is 5.32 Å². The third-order valence-corrected chi connectivity index (χ3v) is 8.14. The van der Waals surface area contributed by atoms with Gasteiger partial charge in [-0.15, -0.1) is 21.5 Å². The molecule has 0 radical (unpaired) electrons. The van der Waals surface area contributed by atoms with Crippen LogP contribution in [-0.4, -0.2) is 26.4 Å². The Morgan fingerprint density at radius 1 is 1.26 bits per heavy atom. The highest BCUT2D eigenvalue weighted by atomic mass is 32.2. The van der Waals surface area contributed by atoms with Gasteiger partial charge < -0.3 is 9.88 Å². The van der Waals surface area contributed by atoms with Crippen LogP contribution >= 0.6 is 23.1 Å².